The molecule has 0 radical (unpaired) electrons. The standard InChI is InChI=1S/C11H17N3O2/c1-7-5-13-11(16-7)8(2)12-6-9-3-4-10(15)14-9/h5,8-9,12H,3-4,6H2,1-2H3,(H,14,15). The van der Waals surface area contributed by atoms with Gasteiger partial charge in [-0.3, -0.25) is 4.79 Å². The number of aryl methyl sites for hydroxylation is 1. The van der Waals surface area contributed by atoms with E-state index in [1.165, 1.54) is 0 Å². The molecule has 0 spiro atoms. The molecule has 1 aromatic heterocycles. The highest BCUT2D eigenvalue weighted by Gasteiger charge is 2.21. The molecule has 2 atom stereocenters. The Morgan fingerprint density at radius 1 is 1.75 bits per heavy atom. The Morgan fingerprint density at radius 2 is 2.56 bits per heavy atom. The fraction of sp³-hybridized carbons (Fsp3) is 0.636. The van der Waals surface area contributed by atoms with Gasteiger partial charge in [-0.25, -0.2) is 4.98 Å². The summed E-state index contributed by atoms with van der Waals surface area (Å²) in [5.41, 5.74) is 0. The van der Waals surface area contributed by atoms with Crippen molar-refractivity contribution in [1.82, 2.24) is 15.6 Å². The van der Waals surface area contributed by atoms with Crippen molar-refractivity contribution < 1.29 is 9.21 Å². The molecule has 2 N–H and O–H groups in total. The zero-order chi connectivity index (χ0) is 11.5. The van der Waals surface area contributed by atoms with Gasteiger partial charge in [0.1, 0.15) is 5.76 Å². The van der Waals surface area contributed by atoms with Gasteiger partial charge in [0.2, 0.25) is 11.8 Å². The Balaban J connectivity index is 1.79. The van der Waals surface area contributed by atoms with Gasteiger partial charge in [0.25, 0.3) is 0 Å². The highest BCUT2D eigenvalue weighted by atomic mass is 16.4. The smallest absolute Gasteiger partial charge is 0.220 e. The lowest BCUT2D eigenvalue weighted by Gasteiger charge is -2.14. The van der Waals surface area contributed by atoms with Crippen molar-refractivity contribution in [2.75, 3.05) is 6.54 Å². The third kappa shape index (κ3) is 2.61. The second-order valence-corrected chi connectivity index (χ2v) is 4.24. The molecule has 5 heteroatoms. The monoisotopic (exact) mass is 223 g/mol. The van der Waals surface area contributed by atoms with Crippen molar-refractivity contribution >= 4 is 5.91 Å². The molecular weight excluding hydrogens is 206 g/mol. The van der Waals surface area contributed by atoms with Crippen LogP contribution in [0.25, 0.3) is 0 Å². The third-order valence-corrected chi connectivity index (χ3v) is 2.76. The number of aromatic nitrogens is 1. The van der Waals surface area contributed by atoms with Gasteiger partial charge in [-0.2, -0.15) is 0 Å². The molecule has 1 aliphatic heterocycles. The minimum atomic E-state index is 0.0752. The molecular formula is C11H17N3O2. The molecule has 2 heterocycles. The first-order valence-corrected chi connectivity index (χ1v) is 5.60. The maximum atomic E-state index is 11.0. The van der Waals surface area contributed by atoms with Crippen LogP contribution < -0.4 is 10.6 Å². The van der Waals surface area contributed by atoms with Crippen molar-refractivity contribution in [1.29, 1.82) is 0 Å². The maximum Gasteiger partial charge on any atom is 0.220 e. The summed E-state index contributed by atoms with van der Waals surface area (Å²) in [6.45, 7) is 4.64. The van der Waals surface area contributed by atoms with Gasteiger partial charge in [-0.1, -0.05) is 0 Å². The molecule has 16 heavy (non-hydrogen) atoms. The van der Waals surface area contributed by atoms with Crippen LogP contribution in [0.3, 0.4) is 0 Å². The van der Waals surface area contributed by atoms with Crippen LogP contribution in [0.4, 0.5) is 0 Å². The molecule has 2 rings (SSSR count). The van der Waals surface area contributed by atoms with Crippen LogP contribution in [-0.4, -0.2) is 23.5 Å². The average molecular weight is 223 g/mol. The summed E-state index contributed by atoms with van der Waals surface area (Å²) in [7, 11) is 0. The van der Waals surface area contributed by atoms with Crippen LogP contribution in [0.15, 0.2) is 10.6 Å². The molecule has 1 fully saturated rings. The molecule has 1 aliphatic rings. The number of carbonyl (C=O) groups excluding carboxylic acids is 1. The molecule has 5 nitrogen and oxygen atoms in total. The summed E-state index contributed by atoms with van der Waals surface area (Å²) in [6.07, 6.45) is 3.26. The van der Waals surface area contributed by atoms with E-state index in [9.17, 15) is 4.79 Å². The molecule has 0 bridgehead atoms. The van der Waals surface area contributed by atoms with E-state index in [4.69, 9.17) is 4.42 Å². The quantitative estimate of drug-likeness (QED) is 0.796. The van der Waals surface area contributed by atoms with E-state index in [0.29, 0.717) is 12.3 Å². The SMILES string of the molecule is Cc1cnc(C(C)NCC2CCC(=O)N2)o1. The lowest BCUT2D eigenvalue weighted by atomic mass is 10.2. The van der Waals surface area contributed by atoms with E-state index in [0.717, 1.165) is 18.7 Å². The van der Waals surface area contributed by atoms with Gasteiger partial charge >= 0.3 is 0 Å². The van der Waals surface area contributed by atoms with E-state index >= 15 is 0 Å². The Hall–Kier alpha value is -1.36. The van der Waals surface area contributed by atoms with Crippen LogP contribution >= 0.6 is 0 Å². The highest BCUT2D eigenvalue weighted by molar-refractivity contribution is 5.78. The van der Waals surface area contributed by atoms with E-state index in [1.54, 1.807) is 6.20 Å². The number of nitrogens with zero attached hydrogens (tertiary/aromatic N) is 1. The number of rotatable bonds is 4. The van der Waals surface area contributed by atoms with Crippen LogP contribution in [0, 0.1) is 6.92 Å². The molecule has 1 amide bonds. The highest BCUT2D eigenvalue weighted by Crippen LogP contribution is 2.13. The summed E-state index contributed by atoms with van der Waals surface area (Å²) in [5.74, 6) is 1.66. The molecule has 2 unspecified atom stereocenters. The summed E-state index contributed by atoms with van der Waals surface area (Å²) >= 11 is 0. The zero-order valence-electron chi connectivity index (χ0n) is 9.62. The van der Waals surface area contributed by atoms with E-state index in [-0.39, 0.29) is 18.0 Å². The largest absolute Gasteiger partial charge is 0.444 e. The van der Waals surface area contributed by atoms with Crippen molar-refractivity contribution in [3.8, 4) is 0 Å². The van der Waals surface area contributed by atoms with Gasteiger partial charge in [-0.05, 0) is 20.3 Å². The Kier molecular flexibility index (Phi) is 3.24. The minimum Gasteiger partial charge on any atom is -0.444 e. The lowest BCUT2D eigenvalue weighted by molar-refractivity contribution is -0.119. The van der Waals surface area contributed by atoms with Crippen LogP contribution in [-0.2, 0) is 4.79 Å². The number of oxazole rings is 1. The number of hydrogen-bond donors (Lipinski definition) is 2. The molecule has 0 aromatic carbocycles. The molecule has 1 aromatic rings. The predicted molar refractivity (Wildman–Crippen MR) is 58.8 cm³/mol. The van der Waals surface area contributed by atoms with Gasteiger partial charge in [0.05, 0.1) is 12.2 Å². The topological polar surface area (TPSA) is 67.2 Å². The maximum absolute atomic E-state index is 11.0. The van der Waals surface area contributed by atoms with Crippen LogP contribution in [0.1, 0.15) is 37.5 Å². The average Bonchev–Trinajstić information content (AvgIpc) is 2.84. The lowest BCUT2D eigenvalue weighted by Crippen LogP contribution is -2.36. The van der Waals surface area contributed by atoms with Gasteiger partial charge in [-0.15, -0.1) is 0 Å². The minimum absolute atomic E-state index is 0.0752. The first-order valence-electron chi connectivity index (χ1n) is 5.60. The Bertz CT molecular complexity index is 375. The first kappa shape index (κ1) is 11.1. The van der Waals surface area contributed by atoms with Crippen LogP contribution in [0.2, 0.25) is 0 Å². The summed E-state index contributed by atoms with van der Waals surface area (Å²) < 4.78 is 5.42. The second-order valence-electron chi connectivity index (χ2n) is 4.24. The molecule has 1 saturated heterocycles. The van der Waals surface area contributed by atoms with E-state index in [2.05, 4.69) is 15.6 Å². The van der Waals surface area contributed by atoms with Crippen LogP contribution in [0.5, 0.6) is 0 Å². The number of carbonyl (C=O) groups is 1. The molecule has 0 aliphatic carbocycles. The van der Waals surface area contributed by atoms with Gasteiger partial charge in [0.15, 0.2) is 0 Å². The fourth-order valence-corrected chi connectivity index (χ4v) is 1.81. The normalized spacial score (nSPS) is 22.1. The van der Waals surface area contributed by atoms with Crippen molar-refractivity contribution in [2.24, 2.45) is 0 Å². The summed E-state index contributed by atoms with van der Waals surface area (Å²) in [5, 5.41) is 6.22. The zero-order valence-corrected chi connectivity index (χ0v) is 9.62. The Morgan fingerprint density at radius 3 is 3.12 bits per heavy atom. The number of amides is 1. The second kappa shape index (κ2) is 4.65. The first-order chi connectivity index (χ1) is 7.65. The molecule has 88 valence electrons. The molecule has 0 saturated carbocycles. The predicted octanol–water partition coefficient (Wildman–Crippen LogP) is 0.912. The van der Waals surface area contributed by atoms with Gasteiger partial charge in [0, 0.05) is 19.0 Å². The third-order valence-electron chi connectivity index (χ3n) is 2.76. The van der Waals surface area contributed by atoms with Gasteiger partial charge < -0.3 is 15.1 Å². The van der Waals surface area contributed by atoms with Crippen molar-refractivity contribution in [2.45, 2.75) is 38.8 Å². The number of nitrogens with one attached hydrogen (secondary N) is 2. The van der Waals surface area contributed by atoms with E-state index < -0.39 is 0 Å². The number of hydrogen-bond acceptors (Lipinski definition) is 4. The summed E-state index contributed by atoms with van der Waals surface area (Å²) in [6, 6.07) is 0.317. The van der Waals surface area contributed by atoms with Crippen molar-refractivity contribution in [3.05, 3.63) is 17.8 Å². The Labute approximate surface area is 94.6 Å². The fourth-order valence-electron chi connectivity index (χ4n) is 1.81. The van der Waals surface area contributed by atoms with Crippen molar-refractivity contribution in [3.63, 3.8) is 0 Å². The summed E-state index contributed by atoms with van der Waals surface area (Å²) in [4.78, 5) is 15.2. The van der Waals surface area contributed by atoms with E-state index in [1.807, 2.05) is 13.8 Å².